The first-order valence-corrected chi connectivity index (χ1v) is 7.62. The third-order valence-electron chi connectivity index (χ3n) is 4.36. The number of rotatable bonds is 2. The number of carbonyl (C=O) groups is 2. The van der Waals surface area contributed by atoms with Crippen molar-refractivity contribution in [1.29, 1.82) is 0 Å². The fourth-order valence-corrected chi connectivity index (χ4v) is 2.84. The summed E-state index contributed by atoms with van der Waals surface area (Å²) >= 11 is 0. The summed E-state index contributed by atoms with van der Waals surface area (Å²) in [5.41, 5.74) is 5.53. The Balaban J connectivity index is 1.81. The number of carbonyl (C=O) groups excluding carboxylic acids is 2. The standard InChI is InChI=1S/C14H26N4O2/c1-12-2-5-17(6-3-12)13(19)14(20)18-10-8-16(7-4-15)9-11-18/h12H,2-11,15H2,1H3. The van der Waals surface area contributed by atoms with E-state index in [-0.39, 0.29) is 11.8 Å². The van der Waals surface area contributed by atoms with E-state index in [1.165, 1.54) is 0 Å². The van der Waals surface area contributed by atoms with Crippen LogP contribution in [0.25, 0.3) is 0 Å². The van der Waals surface area contributed by atoms with Gasteiger partial charge in [0.1, 0.15) is 0 Å². The summed E-state index contributed by atoms with van der Waals surface area (Å²) in [5.74, 6) is 0.0186. The summed E-state index contributed by atoms with van der Waals surface area (Å²) in [4.78, 5) is 30.1. The first kappa shape index (κ1) is 15.3. The number of nitrogens with zero attached hydrogens (tertiary/aromatic N) is 3. The maximum absolute atomic E-state index is 12.2. The van der Waals surface area contributed by atoms with E-state index < -0.39 is 0 Å². The lowest BCUT2D eigenvalue weighted by atomic mass is 9.99. The molecule has 0 saturated carbocycles. The third-order valence-corrected chi connectivity index (χ3v) is 4.36. The van der Waals surface area contributed by atoms with E-state index in [4.69, 9.17) is 5.73 Å². The second-order valence-electron chi connectivity index (χ2n) is 5.90. The lowest BCUT2D eigenvalue weighted by molar-refractivity contribution is -0.153. The number of likely N-dealkylation sites (tertiary alicyclic amines) is 1. The Bertz CT molecular complexity index is 345. The van der Waals surface area contributed by atoms with Gasteiger partial charge in [-0.3, -0.25) is 14.5 Å². The van der Waals surface area contributed by atoms with Crippen LogP contribution < -0.4 is 5.73 Å². The highest BCUT2D eigenvalue weighted by molar-refractivity contribution is 6.34. The monoisotopic (exact) mass is 282 g/mol. The van der Waals surface area contributed by atoms with E-state index in [1.54, 1.807) is 9.80 Å². The van der Waals surface area contributed by atoms with Crippen LogP contribution in [0.3, 0.4) is 0 Å². The van der Waals surface area contributed by atoms with Gasteiger partial charge in [0.05, 0.1) is 0 Å². The van der Waals surface area contributed by atoms with E-state index in [0.29, 0.717) is 25.6 Å². The molecule has 114 valence electrons. The van der Waals surface area contributed by atoms with Gasteiger partial charge in [0.2, 0.25) is 0 Å². The molecule has 0 radical (unpaired) electrons. The minimum atomic E-state index is -0.327. The fraction of sp³-hybridized carbons (Fsp3) is 0.857. The van der Waals surface area contributed by atoms with E-state index in [2.05, 4.69) is 11.8 Å². The van der Waals surface area contributed by atoms with Gasteiger partial charge in [0.15, 0.2) is 0 Å². The number of piperazine rings is 1. The quantitative estimate of drug-likeness (QED) is 0.683. The molecule has 20 heavy (non-hydrogen) atoms. The van der Waals surface area contributed by atoms with Crippen molar-refractivity contribution in [1.82, 2.24) is 14.7 Å². The molecule has 0 spiro atoms. The van der Waals surface area contributed by atoms with Gasteiger partial charge in [0.25, 0.3) is 0 Å². The maximum atomic E-state index is 12.2. The zero-order valence-corrected chi connectivity index (χ0v) is 12.4. The van der Waals surface area contributed by atoms with Crippen LogP contribution in [0.15, 0.2) is 0 Å². The summed E-state index contributed by atoms with van der Waals surface area (Å²) in [6, 6.07) is 0. The van der Waals surface area contributed by atoms with Gasteiger partial charge in [-0.2, -0.15) is 0 Å². The summed E-state index contributed by atoms with van der Waals surface area (Å²) in [7, 11) is 0. The number of amides is 2. The Morgan fingerprint density at radius 1 is 0.950 bits per heavy atom. The molecular weight excluding hydrogens is 256 g/mol. The molecule has 0 atom stereocenters. The van der Waals surface area contributed by atoms with Crippen molar-refractivity contribution in [2.24, 2.45) is 11.7 Å². The predicted molar refractivity (Wildman–Crippen MR) is 77.1 cm³/mol. The highest BCUT2D eigenvalue weighted by Crippen LogP contribution is 2.16. The Morgan fingerprint density at radius 3 is 1.95 bits per heavy atom. The zero-order chi connectivity index (χ0) is 14.5. The molecule has 0 aliphatic carbocycles. The van der Waals surface area contributed by atoms with E-state index in [0.717, 1.165) is 45.6 Å². The Kier molecular flexibility index (Phi) is 5.37. The van der Waals surface area contributed by atoms with E-state index in [1.807, 2.05) is 0 Å². The topological polar surface area (TPSA) is 69.9 Å². The van der Waals surface area contributed by atoms with Crippen molar-refractivity contribution in [3.05, 3.63) is 0 Å². The van der Waals surface area contributed by atoms with E-state index >= 15 is 0 Å². The summed E-state index contributed by atoms with van der Waals surface area (Å²) in [5, 5.41) is 0. The van der Waals surface area contributed by atoms with Gasteiger partial charge in [-0.05, 0) is 18.8 Å². The first-order chi connectivity index (χ1) is 9.61. The molecule has 0 aromatic heterocycles. The van der Waals surface area contributed by atoms with Crippen molar-refractivity contribution in [3.63, 3.8) is 0 Å². The lowest BCUT2D eigenvalue weighted by Crippen LogP contribution is -2.54. The number of hydrogen-bond donors (Lipinski definition) is 1. The first-order valence-electron chi connectivity index (χ1n) is 7.62. The molecule has 0 unspecified atom stereocenters. The van der Waals surface area contributed by atoms with Crippen LogP contribution in [0, 0.1) is 5.92 Å². The molecule has 0 bridgehead atoms. The van der Waals surface area contributed by atoms with Gasteiger partial charge < -0.3 is 15.5 Å². The van der Waals surface area contributed by atoms with Crippen molar-refractivity contribution >= 4 is 11.8 Å². The fourth-order valence-electron chi connectivity index (χ4n) is 2.84. The smallest absolute Gasteiger partial charge is 0.312 e. The minimum absolute atomic E-state index is 0.316. The Labute approximate surface area is 120 Å². The molecule has 6 nitrogen and oxygen atoms in total. The molecular formula is C14H26N4O2. The molecule has 2 saturated heterocycles. The third kappa shape index (κ3) is 3.70. The largest absolute Gasteiger partial charge is 0.334 e. The molecule has 2 aliphatic rings. The maximum Gasteiger partial charge on any atom is 0.312 e. The molecule has 2 N–H and O–H groups in total. The molecule has 2 fully saturated rings. The SMILES string of the molecule is CC1CCN(C(=O)C(=O)N2CCN(CCN)CC2)CC1. The average molecular weight is 282 g/mol. The van der Waals surface area contributed by atoms with Crippen LogP contribution in [0.1, 0.15) is 19.8 Å². The van der Waals surface area contributed by atoms with Crippen LogP contribution in [0.4, 0.5) is 0 Å². The Hall–Kier alpha value is -1.14. The molecule has 2 heterocycles. The predicted octanol–water partition coefficient (Wildman–Crippen LogP) is -0.652. The molecule has 6 heteroatoms. The summed E-state index contributed by atoms with van der Waals surface area (Å²) in [6.45, 7) is 8.03. The van der Waals surface area contributed by atoms with Gasteiger partial charge in [-0.1, -0.05) is 6.92 Å². The van der Waals surface area contributed by atoms with Gasteiger partial charge in [-0.15, -0.1) is 0 Å². The van der Waals surface area contributed by atoms with Gasteiger partial charge >= 0.3 is 11.8 Å². The average Bonchev–Trinajstić information content (AvgIpc) is 2.48. The van der Waals surface area contributed by atoms with Crippen molar-refractivity contribution in [2.45, 2.75) is 19.8 Å². The second-order valence-corrected chi connectivity index (χ2v) is 5.90. The van der Waals surface area contributed by atoms with Crippen molar-refractivity contribution < 1.29 is 9.59 Å². The van der Waals surface area contributed by atoms with E-state index in [9.17, 15) is 9.59 Å². The molecule has 2 aliphatic heterocycles. The highest BCUT2D eigenvalue weighted by Gasteiger charge is 2.30. The summed E-state index contributed by atoms with van der Waals surface area (Å²) < 4.78 is 0. The van der Waals surface area contributed by atoms with Crippen molar-refractivity contribution in [3.8, 4) is 0 Å². The minimum Gasteiger partial charge on any atom is -0.334 e. The van der Waals surface area contributed by atoms with Crippen LogP contribution in [-0.4, -0.2) is 78.9 Å². The van der Waals surface area contributed by atoms with Gasteiger partial charge in [0, 0.05) is 52.4 Å². The number of piperidine rings is 1. The van der Waals surface area contributed by atoms with Crippen LogP contribution in [0.5, 0.6) is 0 Å². The normalized spacial score (nSPS) is 22.1. The van der Waals surface area contributed by atoms with Gasteiger partial charge in [-0.25, -0.2) is 0 Å². The molecule has 0 aromatic carbocycles. The van der Waals surface area contributed by atoms with Crippen LogP contribution in [-0.2, 0) is 9.59 Å². The zero-order valence-electron chi connectivity index (χ0n) is 12.4. The molecule has 0 aromatic rings. The second kappa shape index (κ2) is 7.04. The molecule has 2 rings (SSSR count). The lowest BCUT2D eigenvalue weighted by Gasteiger charge is -2.36. The number of hydrogen-bond acceptors (Lipinski definition) is 4. The summed E-state index contributed by atoms with van der Waals surface area (Å²) in [6.07, 6.45) is 2.01. The Morgan fingerprint density at radius 2 is 1.45 bits per heavy atom. The number of nitrogens with two attached hydrogens (primary N) is 1. The van der Waals surface area contributed by atoms with Crippen molar-refractivity contribution in [2.75, 3.05) is 52.4 Å². The van der Waals surface area contributed by atoms with Crippen LogP contribution >= 0.6 is 0 Å². The molecule has 2 amide bonds. The highest BCUT2D eigenvalue weighted by atomic mass is 16.2. The van der Waals surface area contributed by atoms with Crippen LogP contribution in [0.2, 0.25) is 0 Å².